The molecule has 0 aromatic rings. The van der Waals surface area contributed by atoms with Gasteiger partial charge in [-0.05, 0) is 38.6 Å². The molecule has 0 saturated heterocycles. The quantitative estimate of drug-likeness (QED) is 0.709. The van der Waals surface area contributed by atoms with Crippen LogP contribution in [-0.4, -0.2) is 24.7 Å². The van der Waals surface area contributed by atoms with Gasteiger partial charge in [0.15, 0.2) is 0 Å². The molecule has 1 amide bonds. The summed E-state index contributed by atoms with van der Waals surface area (Å²) in [5, 5.41) is 2.75. The Balaban J connectivity index is 2.21. The van der Waals surface area contributed by atoms with Crippen molar-refractivity contribution in [3.63, 3.8) is 0 Å². The van der Waals surface area contributed by atoms with E-state index < -0.39 is 12.1 Å². The summed E-state index contributed by atoms with van der Waals surface area (Å²) in [5.74, 6) is -1.38. The van der Waals surface area contributed by atoms with Crippen molar-refractivity contribution >= 4 is 5.91 Å². The third-order valence-electron chi connectivity index (χ3n) is 3.86. The van der Waals surface area contributed by atoms with Crippen LogP contribution in [0.3, 0.4) is 0 Å². The highest BCUT2D eigenvalue weighted by atomic mass is 19.4. The van der Waals surface area contributed by atoms with Crippen molar-refractivity contribution in [2.75, 3.05) is 6.54 Å². The molecule has 6 heteroatoms. The van der Waals surface area contributed by atoms with E-state index in [0.717, 1.165) is 25.7 Å². The fraction of sp³-hybridized carbons (Fsp3) is 0.929. The van der Waals surface area contributed by atoms with E-state index in [1.807, 2.05) is 0 Å². The predicted octanol–water partition coefficient (Wildman–Crippen LogP) is 3.13. The van der Waals surface area contributed by atoms with Crippen molar-refractivity contribution in [2.24, 2.45) is 11.7 Å². The third kappa shape index (κ3) is 6.59. The first-order chi connectivity index (χ1) is 9.43. The van der Waals surface area contributed by atoms with Crippen LogP contribution in [0, 0.1) is 5.92 Å². The van der Waals surface area contributed by atoms with E-state index in [-0.39, 0.29) is 24.8 Å². The number of rotatable bonds is 7. The number of unbranched alkanes of at least 4 members (excludes halogenated alkanes) is 3. The highest BCUT2D eigenvalue weighted by Crippen LogP contribution is 2.37. The Morgan fingerprint density at radius 1 is 1.15 bits per heavy atom. The largest absolute Gasteiger partial charge is 0.391 e. The summed E-state index contributed by atoms with van der Waals surface area (Å²) in [6.45, 7) is 0.660. The predicted molar refractivity (Wildman–Crippen MR) is 72.1 cm³/mol. The van der Waals surface area contributed by atoms with E-state index >= 15 is 0 Å². The molecule has 1 rings (SSSR count). The number of hydrogen-bond donors (Lipinski definition) is 2. The van der Waals surface area contributed by atoms with Crippen LogP contribution in [0.4, 0.5) is 13.2 Å². The molecular formula is C14H25F3N2O. The minimum Gasteiger partial charge on any atom is -0.353 e. The van der Waals surface area contributed by atoms with Crippen molar-refractivity contribution in [3.8, 4) is 0 Å². The number of halogens is 3. The van der Waals surface area contributed by atoms with E-state index in [9.17, 15) is 18.0 Å². The Hall–Kier alpha value is -0.780. The Morgan fingerprint density at radius 2 is 1.85 bits per heavy atom. The lowest BCUT2D eigenvalue weighted by molar-refractivity contribution is -0.184. The van der Waals surface area contributed by atoms with Gasteiger partial charge in [0.25, 0.3) is 0 Å². The second-order valence-electron chi connectivity index (χ2n) is 5.62. The number of nitrogens with one attached hydrogen (secondary N) is 1. The minimum atomic E-state index is -4.13. The summed E-state index contributed by atoms with van der Waals surface area (Å²) in [5.41, 5.74) is 5.37. The Kier molecular flexibility index (Phi) is 7.34. The molecule has 0 bridgehead atoms. The van der Waals surface area contributed by atoms with Gasteiger partial charge in [-0.2, -0.15) is 13.2 Å². The first-order valence-electron chi connectivity index (χ1n) is 7.49. The molecule has 0 aromatic carbocycles. The van der Waals surface area contributed by atoms with Crippen molar-refractivity contribution in [1.82, 2.24) is 5.32 Å². The van der Waals surface area contributed by atoms with Gasteiger partial charge >= 0.3 is 6.18 Å². The highest BCUT2D eigenvalue weighted by molar-refractivity contribution is 5.76. The normalized spacial score (nSPS) is 23.6. The Labute approximate surface area is 118 Å². The van der Waals surface area contributed by atoms with Gasteiger partial charge in [-0.1, -0.05) is 19.3 Å². The standard InChI is InChI=1S/C14H25F3N2O/c15-14(16,17)11-6-5-7-12(10-11)19-13(20)8-3-1-2-4-9-18/h11-12H,1-10,18H2,(H,19,20). The Morgan fingerprint density at radius 3 is 2.50 bits per heavy atom. The molecule has 1 fully saturated rings. The van der Waals surface area contributed by atoms with Crippen molar-refractivity contribution in [1.29, 1.82) is 0 Å². The molecule has 3 nitrogen and oxygen atoms in total. The molecule has 2 atom stereocenters. The fourth-order valence-electron chi connectivity index (χ4n) is 2.70. The zero-order valence-electron chi connectivity index (χ0n) is 11.8. The van der Waals surface area contributed by atoms with Crippen LogP contribution in [0.5, 0.6) is 0 Å². The molecule has 0 spiro atoms. The molecule has 118 valence electrons. The van der Waals surface area contributed by atoms with E-state index in [1.165, 1.54) is 0 Å². The molecule has 1 aliphatic rings. The van der Waals surface area contributed by atoms with Gasteiger partial charge in [-0.15, -0.1) is 0 Å². The maximum Gasteiger partial charge on any atom is 0.391 e. The molecule has 3 N–H and O–H groups in total. The van der Waals surface area contributed by atoms with Crippen LogP contribution in [-0.2, 0) is 4.79 Å². The summed E-state index contributed by atoms with van der Waals surface area (Å²) in [6, 6.07) is -0.313. The average molecular weight is 294 g/mol. The maximum absolute atomic E-state index is 12.7. The molecule has 2 unspecified atom stereocenters. The third-order valence-corrected chi connectivity index (χ3v) is 3.86. The van der Waals surface area contributed by atoms with E-state index in [4.69, 9.17) is 5.73 Å². The fourth-order valence-corrected chi connectivity index (χ4v) is 2.70. The lowest BCUT2D eigenvalue weighted by Gasteiger charge is -2.31. The Bertz CT molecular complexity index is 295. The summed E-state index contributed by atoms with van der Waals surface area (Å²) in [6.07, 6.45) is 1.36. The highest BCUT2D eigenvalue weighted by Gasteiger charge is 2.42. The molecular weight excluding hydrogens is 269 g/mol. The molecule has 0 aliphatic heterocycles. The lowest BCUT2D eigenvalue weighted by atomic mass is 9.85. The molecule has 0 heterocycles. The zero-order chi connectivity index (χ0) is 15.0. The van der Waals surface area contributed by atoms with E-state index in [0.29, 0.717) is 25.8 Å². The van der Waals surface area contributed by atoms with Crippen molar-refractivity contribution in [2.45, 2.75) is 70.0 Å². The van der Waals surface area contributed by atoms with Crippen LogP contribution >= 0.6 is 0 Å². The number of alkyl halides is 3. The monoisotopic (exact) mass is 294 g/mol. The number of nitrogens with two attached hydrogens (primary N) is 1. The number of hydrogen-bond acceptors (Lipinski definition) is 2. The second-order valence-corrected chi connectivity index (χ2v) is 5.62. The summed E-state index contributed by atoms with van der Waals surface area (Å²) in [4.78, 5) is 11.7. The van der Waals surface area contributed by atoms with Crippen LogP contribution in [0.2, 0.25) is 0 Å². The molecule has 1 saturated carbocycles. The van der Waals surface area contributed by atoms with Gasteiger partial charge in [0.05, 0.1) is 5.92 Å². The first kappa shape index (κ1) is 17.3. The van der Waals surface area contributed by atoms with Crippen LogP contribution in [0.15, 0.2) is 0 Å². The smallest absolute Gasteiger partial charge is 0.353 e. The van der Waals surface area contributed by atoms with Gasteiger partial charge in [0, 0.05) is 12.5 Å². The zero-order valence-corrected chi connectivity index (χ0v) is 11.8. The number of amides is 1. The van der Waals surface area contributed by atoms with Gasteiger partial charge in [0.1, 0.15) is 0 Å². The minimum absolute atomic E-state index is 0.0302. The molecule has 0 radical (unpaired) electrons. The summed E-state index contributed by atoms with van der Waals surface area (Å²) in [7, 11) is 0. The van der Waals surface area contributed by atoms with Crippen molar-refractivity contribution in [3.05, 3.63) is 0 Å². The number of carbonyl (C=O) groups is 1. The van der Waals surface area contributed by atoms with E-state index in [2.05, 4.69) is 5.32 Å². The average Bonchev–Trinajstić information content (AvgIpc) is 2.38. The van der Waals surface area contributed by atoms with Gasteiger partial charge in [-0.25, -0.2) is 0 Å². The van der Waals surface area contributed by atoms with E-state index in [1.54, 1.807) is 0 Å². The summed E-state index contributed by atoms with van der Waals surface area (Å²) >= 11 is 0. The SMILES string of the molecule is NCCCCCCC(=O)NC1CCCC(C(F)(F)F)C1. The van der Waals surface area contributed by atoms with Crippen LogP contribution < -0.4 is 11.1 Å². The lowest BCUT2D eigenvalue weighted by Crippen LogP contribution is -2.41. The molecule has 1 aliphatic carbocycles. The van der Waals surface area contributed by atoms with Crippen LogP contribution in [0.25, 0.3) is 0 Å². The number of carbonyl (C=O) groups excluding carboxylic acids is 1. The first-order valence-corrected chi connectivity index (χ1v) is 7.49. The van der Waals surface area contributed by atoms with Crippen LogP contribution in [0.1, 0.15) is 57.8 Å². The molecule has 0 aromatic heterocycles. The molecule has 20 heavy (non-hydrogen) atoms. The van der Waals surface area contributed by atoms with Crippen molar-refractivity contribution < 1.29 is 18.0 Å². The topological polar surface area (TPSA) is 55.1 Å². The van der Waals surface area contributed by atoms with Gasteiger partial charge in [0.2, 0.25) is 5.91 Å². The van der Waals surface area contributed by atoms with Gasteiger partial charge in [-0.3, -0.25) is 4.79 Å². The van der Waals surface area contributed by atoms with Gasteiger partial charge < -0.3 is 11.1 Å². The summed E-state index contributed by atoms with van der Waals surface area (Å²) < 4.78 is 38.0. The maximum atomic E-state index is 12.7. The second kappa shape index (κ2) is 8.49.